The number of terminal acetylenes is 1. The van der Waals surface area contributed by atoms with Crippen LogP contribution < -0.4 is 5.32 Å². The fourth-order valence-corrected chi connectivity index (χ4v) is 1.74. The van der Waals surface area contributed by atoms with Gasteiger partial charge in [-0.25, -0.2) is 0 Å². The van der Waals surface area contributed by atoms with Gasteiger partial charge in [0, 0.05) is 6.92 Å². The second-order valence-corrected chi connectivity index (χ2v) is 3.95. The van der Waals surface area contributed by atoms with E-state index in [1.165, 1.54) is 6.92 Å². The van der Waals surface area contributed by atoms with E-state index in [-0.39, 0.29) is 6.61 Å². The summed E-state index contributed by atoms with van der Waals surface area (Å²) in [4.78, 5) is 11.0. The van der Waals surface area contributed by atoms with Crippen molar-refractivity contribution in [3.63, 3.8) is 0 Å². The zero-order valence-electron chi connectivity index (χ0n) is 9.94. The average Bonchev–Trinajstić information content (AvgIpc) is 2.33. The highest BCUT2D eigenvalue weighted by Crippen LogP contribution is 2.21. The average molecular weight is 259 g/mol. The van der Waals surface area contributed by atoms with E-state index in [2.05, 4.69) is 11.2 Å². The second kappa shape index (κ2) is 6.68. The van der Waals surface area contributed by atoms with E-state index in [0.29, 0.717) is 0 Å². The number of amides is 1. The van der Waals surface area contributed by atoms with Gasteiger partial charge in [0.05, 0.1) is 6.61 Å². The molecule has 1 rings (SSSR count). The Labute approximate surface area is 105 Å². The lowest BCUT2D eigenvalue weighted by atomic mass is 9.97. The van der Waals surface area contributed by atoms with E-state index < -0.39 is 43.2 Å². The van der Waals surface area contributed by atoms with Crippen LogP contribution in [0.5, 0.6) is 0 Å². The van der Waals surface area contributed by atoms with Crippen molar-refractivity contribution in [2.45, 2.75) is 37.6 Å². The van der Waals surface area contributed by atoms with Crippen molar-refractivity contribution in [3.8, 4) is 12.3 Å². The Morgan fingerprint density at radius 3 is 2.67 bits per heavy atom. The maximum Gasteiger partial charge on any atom is 0.217 e. The van der Waals surface area contributed by atoms with E-state index in [1.54, 1.807) is 0 Å². The monoisotopic (exact) mass is 259 g/mol. The normalized spacial score (nSPS) is 35.8. The lowest BCUT2D eigenvalue weighted by Gasteiger charge is -2.41. The van der Waals surface area contributed by atoms with Gasteiger partial charge in [-0.3, -0.25) is 4.79 Å². The first kappa shape index (κ1) is 14.9. The fraction of sp³-hybridized carbons (Fsp3) is 0.727. The van der Waals surface area contributed by atoms with E-state index in [4.69, 9.17) is 21.0 Å². The molecule has 1 fully saturated rings. The molecule has 0 aliphatic carbocycles. The second-order valence-electron chi connectivity index (χ2n) is 3.95. The molecule has 0 saturated carbocycles. The molecule has 1 aliphatic heterocycles. The van der Waals surface area contributed by atoms with Gasteiger partial charge in [-0.2, -0.15) is 0 Å². The number of carbonyl (C=O) groups is 1. The maximum atomic E-state index is 11.0. The van der Waals surface area contributed by atoms with Crippen LogP contribution in [0, 0.1) is 12.3 Å². The first-order valence-electron chi connectivity index (χ1n) is 5.46. The molecule has 1 aliphatic rings. The number of nitrogens with one attached hydrogen (secondary N) is 1. The topological polar surface area (TPSA) is 108 Å². The molecule has 1 amide bonds. The summed E-state index contributed by atoms with van der Waals surface area (Å²) < 4.78 is 10.4. The van der Waals surface area contributed by atoms with Gasteiger partial charge in [-0.15, -0.1) is 6.42 Å². The molecule has 7 heteroatoms. The maximum absolute atomic E-state index is 11.0. The molecule has 102 valence electrons. The zero-order chi connectivity index (χ0) is 13.7. The largest absolute Gasteiger partial charge is 0.394 e. The molecule has 4 N–H and O–H groups in total. The minimum atomic E-state index is -1.32. The Bertz CT molecular complexity index is 328. The highest BCUT2D eigenvalue weighted by molar-refractivity contribution is 5.73. The highest BCUT2D eigenvalue weighted by Gasteiger charge is 2.45. The van der Waals surface area contributed by atoms with Crippen LogP contribution in [0.15, 0.2) is 0 Å². The zero-order valence-corrected chi connectivity index (χ0v) is 9.94. The van der Waals surface area contributed by atoms with Gasteiger partial charge in [-0.1, -0.05) is 5.92 Å². The number of aliphatic hydroxyl groups is 3. The van der Waals surface area contributed by atoms with E-state index in [0.717, 1.165) is 0 Å². The van der Waals surface area contributed by atoms with Crippen LogP contribution >= 0.6 is 0 Å². The molecule has 0 aromatic carbocycles. The molecule has 0 spiro atoms. The molecule has 0 aromatic heterocycles. The van der Waals surface area contributed by atoms with Crippen LogP contribution in [-0.4, -0.2) is 65.1 Å². The lowest BCUT2D eigenvalue weighted by Crippen LogP contribution is -2.64. The Kier molecular flexibility index (Phi) is 5.53. The number of hydrogen-bond donors (Lipinski definition) is 4. The van der Waals surface area contributed by atoms with E-state index in [1.807, 2.05) is 0 Å². The number of carbonyl (C=O) groups excluding carboxylic acids is 1. The molecule has 0 bridgehead atoms. The molecule has 1 saturated heterocycles. The van der Waals surface area contributed by atoms with Crippen LogP contribution in [0.1, 0.15) is 6.92 Å². The van der Waals surface area contributed by atoms with Crippen molar-refractivity contribution in [2.24, 2.45) is 0 Å². The fourth-order valence-electron chi connectivity index (χ4n) is 1.74. The number of aliphatic hydroxyl groups excluding tert-OH is 3. The number of hydrogen-bond acceptors (Lipinski definition) is 6. The van der Waals surface area contributed by atoms with Crippen LogP contribution in [-0.2, 0) is 14.3 Å². The molecule has 1 heterocycles. The third-order valence-corrected chi connectivity index (χ3v) is 2.58. The van der Waals surface area contributed by atoms with Crippen molar-refractivity contribution in [1.29, 1.82) is 0 Å². The first-order valence-corrected chi connectivity index (χ1v) is 5.46. The molecule has 7 nitrogen and oxygen atoms in total. The SMILES string of the molecule is C#CCO[C@@H]1OC(CO)[C@@H](O)C(O)C1NC(C)=O. The van der Waals surface area contributed by atoms with Gasteiger partial charge in [-0.05, 0) is 0 Å². The van der Waals surface area contributed by atoms with Crippen molar-refractivity contribution in [1.82, 2.24) is 5.32 Å². The minimum Gasteiger partial charge on any atom is -0.394 e. The summed E-state index contributed by atoms with van der Waals surface area (Å²) in [6.07, 6.45) is 0.383. The Hall–Kier alpha value is -1.17. The molecule has 0 radical (unpaired) electrons. The molecule has 18 heavy (non-hydrogen) atoms. The van der Waals surface area contributed by atoms with Crippen LogP contribution in [0.3, 0.4) is 0 Å². The number of ether oxygens (including phenoxy) is 2. The summed E-state index contributed by atoms with van der Waals surface area (Å²) >= 11 is 0. The molecular formula is C11H17NO6. The summed E-state index contributed by atoms with van der Waals surface area (Å²) in [7, 11) is 0. The lowest BCUT2D eigenvalue weighted by molar-refractivity contribution is -0.266. The van der Waals surface area contributed by atoms with Crippen LogP contribution in [0.4, 0.5) is 0 Å². The third-order valence-electron chi connectivity index (χ3n) is 2.58. The molecule has 0 aromatic rings. The number of rotatable bonds is 4. The van der Waals surface area contributed by atoms with Crippen LogP contribution in [0.2, 0.25) is 0 Å². The molecular weight excluding hydrogens is 242 g/mol. The van der Waals surface area contributed by atoms with Crippen molar-refractivity contribution >= 4 is 5.91 Å². The highest BCUT2D eigenvalue weighted by atomic mass is 16.7. The van der Waals surface area contributed by atoms with Gasteiger partial charge in [0.15, 0.2) is 6.29 Å². The van der Waals surface area contributed by atoms with Crippen LogP contribution in [0.25, 0.3) is 0 Å². The smallest absolute Gasteiger partial charge is 0.217 e. The van der Waals surface area contributed by atoms with Crippen molar-refractivity contribution in [3.05, 3.63) is 0 Å². The summed E-state index contributed by atoms with van der Waals surface area (Å²) in [5, 5.41) is 31.0. The quantitative estimate of drug-likeness (QED) is 0.418. The summed E-state index contributed by atoms with van der Waals surface area (Å²) in [6.45, 7) is 0.693. The summed E-state index contributed by atoms with van der Waals surface area (Å²) in [5.74, 6) is 1.82. The van der Waals surface area contributed by atoms with Gasteiger partial charge in [0.25, 0.3) is 0 Å². The molecule has 5 atom stereocenters. The standard InChI is InChI=1S/C11H17NO6/c1-3-4-17-11-8(12-6(2)14)10(16)9(15)7(5-13)18-11/h1,7-11,13,15-16H,4-5H2,2H3,(H,12,14)/t7?,8?,9-,10?,11-/m1/s1. The minimum absolute atomic E-state index is 0.0816. The van der Waals surface area contributed by atoms with Gasteiger partial charge in [0.1, 0.15) is 31.0 Å². The van der Waals surface area contributed by atoms with Crippen molar-refractivity contribution < 1.29 is 29.6 Å². The first-order chi connectivity index (χ1) is 8.51. The summed E-state index contributed by atoms with van der Waals surface area (Å²) in [5.41, 5.74) is 0. The Morgan fingerprint density at radius 1 is 1.50 bits per heavy atom. The van der Waals surface area contributed by atoms with Gasteiger partial charge < -0.3 is 30.1 Å². The molecule has 3 unspecified atom stereocenters. The van der Waals surface area contributed by atoms with Crippen molar-refractivity contribution in [2.75, 3.05) is 13.2 Å². The van der Waals surface area contributed by atoms with E-state index in [9.17, 15) is 15.0 Å². The Morgan fingerprint density at radius 2 is 2.17 bits per heavy atom. The van der Waals surface area contributed by atoms with Gasteiger partial charge >= 0.3 is 0 Å². The predicted octanol–water partition coefficient (Wildman–Crippen LogP) is -2.42. The third kappa shape index (κ3) is 3.41. The predicted molar refractivity (Wildman–Crippen MR) is 60.2 cm³/mol. The Balaban J connectivity index is 2.80. The summed E-state index contributed by atoms with van der Waals surface area (Å²) in [6, 6.07) is -0.950. The van der Waals surface area contributed by atoms with E-state index >= 15 is 0 Å². The van der Waals surface area contributed by atoms with Gasteiger partial charge in [0.2, 0.25) is 5.91 Å².